The number of carbonyl (C=O) groups is 1. The van der Waals surface area contributed by atoms with Crippen LogP contribution in [0, 0.1) is 18.3 Å². The highest BCUT2D eigenvalue weighted by Gasteiger charge is 2.15. The number of hydrogen-bond acceptors (Lipinski definition) is 7. The number of pyridine rings is 1. The Morgan fingerprint density at radius 2 is 2.08 bits per heavy atom. The Morgan fingerprint density at radius 3 is 2.73 bits per heavy atom. The quantitative estimate of drug-likeness (QED) is 0.661. The minimum atomic E-state index is -0.652. The summed E-state index contributed by atoms with van der Waals surface area (Å²) in [5.74, 6) is -0.0904. The van der Waals surface area contributed by atoms with Crippen molar-refractivity contribution in [2.45, 2.75) is 13.5 Å². The second kappa shape index (κ2) is 7.03. The highest BCUT2D eigenvalue weighted by atomic mass is 16.5. The van der Waals surface area contributed by atoms with Crippen LogP contribution in [-0.2, 0) is 11.3 Å². The molecule has 0 radical (unpaired) electrons. The van der Waals surface area contributed by atoms with E-state index >= 15 is 0 Å². The topological polar surface area (TPSA) is 111 Å². The highest BCUT2D eigenvalue weighted by molar-refractivity contribution is 5.89. The standard InChI is InChI=1S/C18H14N4O4/c1-11-3-5-12(6-4-11)16-20-15(26-21-16)10-22-9-14(18(24)25-2)7-13(8-19)17(22)23/h3-7,9H,10H2,1-2H3. The van der Waals surface area contributed by atoms with Crippen LogP contribution >= 0.6 is 0 Å². The summed E-state index contributed by atoms with van der Waals surface area (Å²) in [6.07, 6.45) is 1.30. The van der Waals surface area contributed by atoms with Gasteiger partial charge in [0.25, 0.3) is 5.56 Å². The van der Waals surface area contributed by atoms with Gasteiger partial charge in [0, 0.05) is 11.8 Å². The van der Waals surface area contributed by atoms with E-state index in [0.29, 0.717) is 5.82 Å². The van der Waals surface area contributed by atoms with E-state index < -0.39 is 11.5 Å². The average Bonchev–Trinajstić information content (AvgIpc) is 3.11. The fourth-order valence-electron chi connectivity index (χ4n) is 2.35. The van der Waals surface area contributed by atoms with Gasteiger partial charge in [-0.25, -0.2) is 4.79 Å². The Kier molecular flexibility index (Phi) is 4.62. The lowest BCUT2D eigenvalue weighted by Crippen LogP contribution is -2.24. The number of aryl methyl sites for hydroxylation is 1. The predicted octanol–water partition coefficient (Wildman–Crippen LogP) is 1.91. The van der Waals surface area contributed by atoms with Crippen LogP contribution in [0.15, 0.2) is 45.8 Å². The number of nitrogens with zero attached hydrogens (tertiary/aromatic N) is 4. The zero-order chi connectivity index (χ0) is 18.7. The molecule has 2 aromatic heterocycles. The predicted molar refractivity (Wildman–Crippen MR) is 90.3 cm³/mol. The monoisotopic (exact) mass is 350 g/mol. The third kappa shape index (κ3) is 3.37. The van der Waals surface area contributed by atoms with Crippen molar-refractivity contribution in [2.24, 2.45) is 0 Å². The van der Waals surface area contributed by atoms with E-state index in [-0.39, 0.29) is 23.6 Å². The summed E-state index contributed by atoms with van der Waals surface area (Å²) >= 11 is 0. The van der Waals surface area contributed by atoms with E-state index in [9.17, 15) is 9.59 Å². The van der Waals surface area contributed by atoms with Gasteiger partial charge in [0.05, 0.1) is 12.7 Å². The summed E-state index contributed by atoms with van der Waals surface area (Å²) in [5.41, 5.74) is 1.23. The SMILES string of the molecule is COC(=O)c1cc(C#N)c(=O)n(Cc2nc(-c3ccc(C)cc3)no2)c1. The molecule has 0 unspecified atom stereocenters. The van der Waals surface area contributed by atoms with Crippen molar-refractivity contribution >= 4 is 5.97 Å². The first-order chi connectivity index (χ1) is 12.5. The van der Waals surface area contributed by atoms with Crippen molar-refractivity contribution in [2.75, 3.05) is 7.11 Å². The molecule has 0 aliphatic heterocycles. The van der Waals surface area contributed by atoms with Gasteiger partial charge in [-0.15, -0.1) is 0 Å². The summed E-state index contributed by atoms with van der Waals surface area (Å²) in [4.78, 5) is 28.3. The largest absolute Gasteiger partial charge is 0.465 e. The first-order valence-corrected chi connectivity index (χ1v) is 7.64. The molecule has 0 aliphatic rings. The molecule has 0 aliphatic carbocycles. The van der Waals surface area contributed by atoms with Crippen LogP contribution in [-0.4, -0.2) is 27.8 Å². The fraction of sp³-hybridized carbons (Fsp3) is 0.167. The second-order valence-electron chi connectivity index (χ2n) is 5.56. The van der Waals surface area contributed by atoms with Gasteiger partial charge in [-0.05, 0) is 13.0 Å². The van der Waals surface area contributed by atoms with Crippen molar-refractivity contribution in [1.82, 2.24) is 14.7 Å². The summed E-state index contributed by atoms with van der Waals surface area (Å²) < 4.78 is 11.0. The van der Waals surface area contributed by atoms with Crippen molar-refractivity contribution in [3.05, 3.63) is 69.5 Å². The molecule has 3 rings (SSSR count). The molecule has 0 saturated carbocycles. The number of carbonyl (C=O) groups excluding carboxylic acids is 1. The molecular weight excluding hydrogens is 336 g/mol. The lowest BCUT2D eigenvalue weighted by molar-refractivity contribution is 0.0599. The molecule has 0 spiro atoms. The van der Waals surface area contributed by atoms with Crippen LogP contribution < -0.4 is 5.56 Å². The van der Waals surface area contributed by atoms with Gasteiger partial charge in [-0.3, -0.25) is 4.79 Å². The Hall–Kier alpha value is -3.73. The van der Waals surface area contributed by atoms with Crippen molar-refractivity contribution in [3.8, 4) is 17.5 Å². The normalized spacial score (nSPS) is 10.3. The van der Waals surface area contributed by atoms with E-state index in [1.807, 2.05) is 31.2 Å². The first kappa shape index (κ1) is 17.1. The van der Waals surface area contributed by atoms with Gasteiger partial charge in [-0.2, -0.15) is 10.2 Å². The minimum absolute atomic E-state index is 0.0722. The number of ether oxygens (including phenoxy) is 1. The number of rotatable bonds is 4. The van der Waals surface area contributed by atoms with Gasteiger partial charge < -0.3 is 13.8 Å². The third-order valence-corrected chi connectivity index (χ3v) is 3.71. The highest BCUT2D eigenvalue weighted by Crippen LogP contribution is 2.16. The maximum Gasteiger partial charge on any atom is 0.339 e. The molecule has 8 nitrogen and oxygen atoms in total. The van der Waals surface area contributed by atoms with Crippen LogP contribution in [0.25, 0.3) is 11.4 Å². The smallest absolute Gasteiger partial charge is 0.339 e. The molecule has 0 fully saturated rings. The summed E-state index contributed by atoms with van der Waals surface area (Å²) in [7, 11) is 1.22. The molecule has 0 amide bonds. The number of methoxy groups -OCH3 is 1. The molecule has 3 aromatic rings. The molecule has 26 heavy (non-hydrogen) atoms. The number of aromatic nitrogens is 3. The van der Waals surface area contributed by atoms with Crippen molar-refractivity contribution in [1.29, 1.82) is 5.26 Å². The molecule has 2 heterocycles. The van der Waals surface area contributed by atoms with Crippen molar-refractivity contribution < 1.29 is 14.1 Å². The molecule has 0 saturated heterocycles. The first-order valence-electron chi connectivity index (χ1n) is 7.64. The Labute approximate surface area is 148 Å². The van der Waals surface area contributed by atoms with Gasteiger partial charge in [0.1, 0.15) is 18.2 Å². The maximum atomic E-state index is 12.3. The van der Waals surface area contributed by atoms with Gasteiger partial charge >= 0.3 is 5.97 Å². The van der Waals surface area contributed by atoms with Gasteiger partial charge in [0.2, 0.25) is 11.7 Å². The minimum Gasteiger partial charge on any atom is -0.465 e. The van der Waals surface area contributed by atoms with E-state index in [4.69, 9.17) is 9.78 Å². The lowest BCUT2D eigenvalue weighted by Gasteiger charge is -2.06. The van der Waals surface area contributed by atoms with Gasteiger partial charge in [0.15, 0.2) is 0 Å². The van der Waals surface area contributed by atoms with Gasteiger partial charge in [-0.1, -0.05) is 35.0 Å². The van der Waals surface area contributed by atoms with E-state index in [0.717, 1.165) is 15.7 Å². The van der Waals surface area contributed by atoms with Crippen LogP contribution in [0.5, 0.6) is 0 Å². The number of nitriles is 1. The Bertz CT molecular complexity index is 1060. The van der Waals surface area contributed by atoms with Crippen molar-refractivity contribution in [3.63, 3.8) is 0 Å². The number of esters is 1. The van der Waals surface area contributed by atoms with Crippen LogP contribution in [0.4, 0.5) is 0 Å². The Morgan fingerprint density at radius 1 is 1.35 bits per heavy atom. The zero-order valence-corrected chi connectivity index (χ0v) is 14.1. The summed E-state index contributed by atoms with van der Waals surface area (Å²) in [6, 6.07) is 10.5. The lowest BCUT2D eigenvalue weighted by atomic mass is 10.1. The summed E-state index contributed by atoms with van der Waals surface area (Å²) in [5, 5.41) is 13.0. The molecule has 8 heteroatoms. The second-order valence-corrected chi connectivity index (χ2v) is 5.56. The van der Waals surface area contributed by atoms with Crippen LogP contribution in [0.2, 0.25) is 0 Å². The third-order valence-electron chi connectivity index (χ3n) is 3.71. The van der Waals surface area contributed by atoms with E-state index in [2.05, 4.69) is 14.9 Å². The summed E-state index contributed by atoms with van der Waals surface area (Å²) in [6.45, 7) is 1.90. The maximum absolute atomic E-state index is 12.3. The average molecular weight is 350 g/mol. The molecular formula is C18H14N4O4. The van der Waals surface area contributed by atoms with E-state index in [1.165, 1.54) is 19.4 Å². The zero-order valence-electron chi connectivity index (χ0n) is 14.1. The fourth-order valence-corrected chi connectivity index (χ4v) is 2.35. The van der Waals surface area contributed by atoms with Crippen LogP contribution in [0.1, 0.15) is 27.4 Å². The van der Waals surface area contributed by atoms with Crippen LogP contribution in [0.3, 0.4) is 0 Å². The molecule has 130 valence electrons. The molecule has 0 bridgehead atoms. The molecule has 0 N–H and O–H groups in total. The number of hydrogen-bond donors (Lipinski definition) is 0. The Balaban J connectivity index is 1.94. The molecule has 0 atom stereocenters. The van der Waals surface area contributed by atoms with E-state index in [1.54, 1.807) is 6.07 Å². The number of benzene rings is 1. The molecule has 1 aromatic carbocycles.